The Labute approximate surface area is 131 Å². The van der Waals surface area contributed by atoms with Crippen LogP contribution in [0.25, 0.3) is 0 Å². The smallest absolute Gasteiger partial charge is 0.120 e. The Morgan fingerprint density at radius 2 is 2.05 bits per heavy atom. The van der Waals surface area contributed by atoms with E-state index in [-0.39, 0.29) is 6.04 Å². The highest BCUT2D eigenvalue weighted by atomic mass is 79.9. The van der Waals surface area contributed by atoms with Gasteiger partial charge in [-0.05, 0) is 68.2 Å². The van der Waals surface area contributed by atoms with E-state index >= 15 is 0 Å². The van der Waals surface area contributed by atoms with E-state index in [9.17, 15) is 0 Å². The summed E-state index contributed by atoms with van der Waals surface area (Å²) >= 11 is 3.59. The minimum absolute atomic E-state index is 0.164. The molecule has 2 nitrogen and oxygen atoms in total. The average molecular weight is 340 g/mol. The van der Waals surface area contributed by atoms with E-state index < -0.39 is 0 Å². The Balaban J connectivity index is 2.02. The first kappa shape index (κ1) is 15.8. The third-order valence-electron chi connectivity index (χ3n) is 4.41. The second kappa shape index (κ2) is 6.95. The summed E-state index contributed by atoms with van der Waals surface area (Å²) in [7, 11) is 0. The van der Waals surface area contributed by atoms with Crippen molar-refractivity contribution in [3.05, 3.63) is 28.2 Å². The predicted octanol–water partition coefficient (Wildman–Crippen LogP) is 4.54. The van der Waals surface area contributed by atoms with E-state index in [2.05, 4.69) is 48.0 Å². The number of nitrogens with two attached hydrogens (primary N) is 1. The minimum Gasteiger partial charge on any atom is -0.490 e. The fraction of sp³-hybridized carbons (Fsp3) is 0.647. The summed E-state index contributed by atoms with van der Waals surface area (Å²) in [6.07, 6.45) is 4.85. The second-order valence-electron chi connectivity index (χ2n) is 6.44. The van der Waals surface area contributed by atoms with Crippen LogP contribution in [0.2, 0.25) is 0 Å². The molecule has 0 heterocycles. The van der Waals surface area contributed by atoms with Crippen molar-refractivity contribution in [1.29, 1.82) is 0 Å². The van der Waals surface area contributed by atoms with Gasteiger partial charge >= 0.3 is 0 Å². The number of rotatable bonds is 4. The van der Waals surface area contributed by atoms with Crippen LogP contribution in [0.1, 0.15) is 45.6 Å². The van der Waals surface area contributed by atoms with Gasteiger partial charge in [-0.2, -0.15) is 0 Å². The Bertz CT molecular complexity index is 447. The molecule has 0 amide bonds. The van der Waals surface area contributed by atoms with Gasteiger partial charge in [0.25, 0.3) is 0 Å². The number of ether oxygens (including phenoxy) is 1. The van der Waals surface area contributed by atoms with Crippen LogP contribution in [0.5, 0.6) is 5.75 Å². The monoisotopic (exact) mass is 339 g/mol. The highest BCUT2D eigenvalue weighted by molar-refractivity contribution is 9.10. The molecule has 20 heavy (non-hydrogen) atoms. The lowest BCUT2D eigenvalue weighted by molar-refractivity contribution is 0.101. The lowest BCUT2D eigenvalue weighted by Gasteiger charge is -2.32. The number of hydrogen-bond donors (Lipinski definition) is 1. The normalized spacial score (nSPS) is 28.1. The molecule has 0 bridgehead atoms. The molecular weight excluding hydrogens is 314 g/mol. The van der Waals surface area contributed by atoms with Crippen molar-refractivity contribution in [3.63, 3.8) is 0 Å². The zero-order valence-electron chi connectivity index (χ0n) is 12.7. The molecule has 1 aliphatic rings. The number of hydrogen-bond acceptors (Lipinski definition) is 2. The van der Waals surface area contributed by atoms with Crippen LogP contribution in [0, 0.1) is 11.8 Å². The molecule has 2 rings (SSSR count). The van der Waals surface area contributed by atoms with Gasteiger partial charge in [0, 0.05) is 10.5 Å². The van der Waals surface area contributed by atoms with Crippen LogP contribution in [0.3, 0.4) is 0 Å². The Morgan fingerprint density at radius 1 is 1.30 bits per heavy atom. The zero-order valence-corrected chi connectivity index (χ0v) is 14.3. The molecule has 4 atom stereocenters. The maximum atomic E-state index is 6.19. The van der Waals surface area contributed by atoms with E-state index in [1.165, 1.54) is 24.8 Å². The molecule has 1 fully saturated rings. The Morgan fingerprint density at radius 3 is 2.70 bits per heavy atom. The van der Waals surface area contributed by atoms with Gasteiger partial charge in [-0.3, -0.25) is 0 Å². The molecular formula is C17H26BrNO. The summed E-state index contributed by atoms with van der Waals surface area (Å²) in [4.78, 5) is 0. The van der Waals surface area contributed by atoms with Crippen LogP contribution >= 0.6 is 15.9 Å². The van der Waals surface area contributed by atoms with Crippen molar-refractivity contribution in [2.75, 3.05) is 0 Å². The summed E-state index contributed by atoms with van der Waals surface area (Å²) < 4.78 is 7.31. The van der Waals surface area contributed by atoms with Crippen molar-refractivity contribution in [3.8, 4) is 5.75 Å². The van der Waals surface area contributed by atoms with Gasteiger partial charge in [-0.15, -0.1) is 0 Å². The maximum Gasteiger partial charge on any atom is 0.120 e. The van der Waals surface area contributed by atoms with Crippen LogP contribution in [0.4, 0.5) is 0 Å². The standard InChI is InChI=1S/C17H26BrNO/c1-11-4-5-15(8-12(11)2)20-16-6-7-17(18)14(10-16)9-13(3)19/h6-7,10-13,15H,4-5,8-9,19H2,1-3H3. The predicted molar refractivity (Wildman–Crippen MR) is 88.1 cm³/mol. The molecule has 1 aromatic carbocycles. The quantitative estimate of drug-likeness (QED) is 0.873. The SMILES string of the molecule is CC(N)Cc1cc(OC2CCC(C)C(C)C2)ccc1Br. The van der Waals surface area contributed by atoms with Crippen LogP contribution < -0.4 is 10.5 Å². The first-order valence-electron chi connectivity index (χ1n) is 7.66. The third-order valence-corrected chi connectivity index (χ3v) is 5.19. The zero-order chi connectivity index (χ0) is 14.7. The molecule has 0 aromatic heterocycles. The topological polar surface area (TPSA) is 35.2 Å². The maximum absolute atomic E-state index is 6.19. The van der Waals surface area contributed by atoms with E-state index in [0.29, 0.717) is 6.10 Å². The van der Waals surface area contributed by atoms with Gasteiger partial charge in [0.05, 0.1) is 6.10 Å². The molecule has 1 aromatic rings. The van der Waals surface area contributed by atoms with Crippen molar-refractivity contribution < 1.29 is 4.74 Å². The van der Waals surface area contributed by atoms with Crippen LogP contribution in [-0.2, 0) is 6.42 Å². The third kappa shape index (κ3) is 4.23. The largest absolute Gasteiger partial charge is 0.490 e. The molecule has 0 spiro atoms. The van der Waals surface area contributed by atoms with E-state index in [0.717, 1.165) is 28.5 Å². The molecule has 1 saturated carbocycles. The van der Waals surface area contributed by atoms with Gasteiger partial charge in [-0.1, -0.05) is 29.8 Å². The molecule has 112 valence electrons. The van der Waals surface area contributed by atoms with E-state index in [1.807, 2.05) is 6.92 Å². The van der Waals surface area contributed by atoms with Crippen LogP contribution in [-0.4, -0.2) is 12.1 Å². The van der Waals surface area contributed by atoms with Gasteiger partial charge in [0.2, 0.25) is 0 Å². The van der Waals surface area contributed by atoms with Crippen molar-refractivity contribution in [1.82, 2.24) is 0 Å². The van der Waals surface area contributed by atoms with E-state index in [4.69, 9.17) is 10.5 Å². The number of halogens is 1. The summed E-state index contributed by atoms with van der Waals surface area (Å²) in [6.45, 7) is 6.72. The van der Waals surface area contributed by atoms with Gasteiger partial charge in [0.1, 0.15) is 5.75 Å². The first-order chi connectivity index (χ1) is 9.45. The molecule has 3 heteroatoms. The first-order valence-corrected chi connectivity index (χ1v) is 8.45. The van der Waals surface area contributed by atoms with Crippen molar-refractivity contribution >= 4 is 15.9 Å². The lowest BCUT2D eigenvalue weighted by Crippen LogP contribution is -2.28. The molecule has 2 N–H and O–H groups in total. The lowest BCUT2D eigenvalue weighted by atomic mass is 9.80. The highest BCUT2D eigenvalue weighted by Crippen LogP contribution is 2.32. The summed E-state index contributed by atoms with van der Waals surface area (Å²) in [5.41, 5.74) is 7.13. The molecule has 0 aliphatic heterocycles. The molecule has 0 saturated heterocycles. The van der Waals surface area contributed by atoms with Crippen molar-refractivity contribution in [2.24, 2.45) is 17.6 Å². The summed E-state index contributed by atoms with van der Waals surface area (Å²) in [5.74, 6) is 2.57. The summed E-state index contributed by atoms with van der Waals surface area (Å²) in [5, 5.41) is 0. The highest BCUT2D eigenvalue weighted by Gasteiger charge is 2.25. The van der Waals surface area contributed by atoms with Gasteiger partial charge < -0.3 is 10.5 Å². The fourth-order valence-electron chi connectivity index (χ4n) is 2.93. The Kier molecular flexibility index (Phi) is 5.50. The second-order valence-corrected chi connectivity index (χ2v) is 7.30. The van der Waals surface area contributed by atoms with Gasteiger partial charge in [0.15, 0.2) is 0 Å². The minimum atomic E-state index is 0.164. The van der Waals surface area contributed by atoms with Crippen molar-refractivity contribution in [2.45, 2.75) is 58.6 Å². The molecule has 0 radical (unpaired) electrons. The van der Waals surface area contributed by atoms with E-state index in [1.54, 1.807) is 0 Å². The van der Waals surface area contributed by atoms with Crippen LogP contribution in [0.15, 0.2) is 22.7 Å². The average Bonchev–Trinajstić information content (AvgIpc) is 2.37. The van der Waals surface area contributed by atoms with Gasteiger partial charge in [-0.25, -0.2) is 0 Å². The fourth-order valence-corrected chi connectivity index (χ4v) is 3.33. The summed E-state index contributed by atoms with van der Waals surface area (Å²) in [6, 6.07) is 6.42. The molecule has 4 unspecified atom stereocenters. The molecule has 1 aliphatic carbocycles. The number of benzene rings is 1. The Hall–Kier alpha value is -0.540.